The Morgan fingerprint density at radius 1 is 0.362 bits per heavy atom. The third-order valence-electron chi connectivity index (χ3n) is 9.52. The zero-order valence-electron chi connectivity index (χ0n) is 34.5. The molecule has 2 heterocycles. The molecule has 0 atom stereocenters. The first kappa shape index (κ1) is 42.4. The van der Waals surface area contributed by atoms with Crippen LogP contribution in [0.1, 0.15) is 88.8 Å². The molecule has 0 saturated carbocycles. The van der Waals surface area contributed by atoms with Crippen molar-refractivity contribution in [2.24, 2.45) is 0 Å². The third-order valence-corrected chi connectivity index (χ3v) is 11.6. The Morgan fingerprint density at radius 3 is 0.862 bits per heavy atom. The van der Waals surface area contributed by atoms with Gasteiger partial charge in [0.05, 0.1) is 26.4 Å². The first-order valence-electron chi connectivity index (χ1n) is 21.0. The van der Waals surface area contributed by atoms with Crippen molar-refractivity contribution in [3.8, 4) is 23.0 Å². The van der Waals surface area contributed by atoms with Crippen LogP contribution < -0.4 is 28.7 Å². The van der Waals surface area contributed by atoms with Gasteiger partial charge in [0.1, 0.15) is 33.0 Å². The number of nitrogens with zero attached hydrogens (tertiary/aromatic N) is 2. The lowest BCUT2D eigenvalue weighted by atomic mass is 10.2. The second kappa shape index (κ2) is 22.7. The maximum atomic E-state index is 5.99. The van der Waals surface area contributed by atoms with Gasteiger partial charge in [0.15, 0.2) is 0 Å². The lowest BCUT2D eigenvalue weighted by molar-refractivity contribution is 0.309. The number of hydrogen-bond donors (Lipinski definition) is 0. The Hall–Kier alpha value is -5.18. The molecule has 6 aromatic rings. The molecule has 304 valence electrons. The molecule has 6 nitrogen and oxygen atoms in total. The number of ether oxygens (including phenoxy) is 4. The molecule has 0 unspecified atom stereocenters. The molecule has 0 amide bonds. The number of benzene rings is 4. The fourth-order valence-corrected chi connectivity index (χ4v) is 8.08. The maximum absolute atomic E-state index is 5.99. The summed E-state index contributed by atoms with van der Waals surface area (Å²) >= 11 is 3.52. The number of rotatable bonds is 24. The van der Waals surface area contributed by atoms with E-state index in [4.69, 9.17) is 18.9 Å². The molecule has 2 aromatic heterocycles. The van der Waals surface area contributed by atoms with Crippen LogP contribution in [0.15, 0.2) is 121 Å². The van der Waals surface area contributed by atoms with Gasteiger partial charge >= 0.3 is 0 Å². The molecule has 0 aliphatic heterocycles. The summed E-state index contributed by atoms with van der Waals surface area (Å²) in [4.78, 5) is 6.94. The van der Waals surface area contributed by atoms with E-state index in [0.717, 1.165) is 134 Å². The van der Waals surface area contributed by atoms with Gasteiger partial charge in [-0.15, -0.1) is 22.7 Å². The first-order chi connectivity index (χ1) is 28.6. The molecule has 0 aliphatic carbocycles. The highest BCUT2D eigenvalue weighted by atomic mass is 32.1. The summed E-state index contributed by atoms with van der Waals surface area (Å²) in [5.41, 5.74) is 4.29. The lowest BCUT2D eigenvalue weighted by Gasteiger charge is -2.24. The fraction of sp³-hybridized carbons (Fsp3) is 0.320. The van der Waals surface area contributed by atoms with Crippen LogP contribution in [0.5, 0.6) is 23.0 Å². The molecule has 6 rings (SSSR count). The smallest absolute Gasteiger partial charge is 0.119 e. The summed E-state index contributed by atoms with van der Waals surface area (Å²) in [5.74, 6) is 3.56. The number of thiophene rings is 2. The van der Waals surface area contributed by atoms with Gasteiger partial charge in [0.25, 0.3) is 0 Å². The minimum absolute atomic E-state index is 0.729. The molecule has 4 aromatic carbocycles. The van der Waals surface area contributed by atoms with Crippen molar-refractivity contribution in [1.82, 2.24) is 0 Å². The quantitative estimate of drug-likeness (QED) is 0.0567. The molecular formula is C50H58N2O4S2. The average molecular weight is 815 g/mol. The molecule has 58 heavy (non-hydrogen) atoms. The molecular weight excluding hydrogens is 757 g/mol. The van der Waals surface area contributed by atoms with E-state index in [1.165, 1.54) is 9.75 Å². The molecule has 8 heteroatoms. The Kier molecular flexibility index (Phi) is 16.6. The van der Waals surface area contributed by atoms with Crippen LogP contribution in [0.2, 0.25) is 0 Å². The Morgan fingerprint density at radius 2 is 0.621 bits per heavy atom. The second-order valence-electron chi connectivity index (χ2n) is 14.1. The maximum Gasteiger partial charge on any atom is 0.119 e. The standard InChI is InChI=1S/C50H58N2O4S2/c1-5-9-35-53-43-21-13-39(14-22-43)51(40-15-23-44(24-16-40)54-36-10-6-2)49-33-31-47(57-49)29-30-48-32-34-50(58-48)52(41-17-25-45(26-18-41)55-37-11-7-3)42-19-27-46(28-20-42)56-38-12-8-4/h13-34H,5-12,35-38H2,1-4H3/b30-29+. The van der Waals surface area contributed by atoms with E-state index in [2.05, 4.69) is 171 Å². The van der Waals surface area contributed by atoms with Crippen molar-refractivity contribution in [3.63, 3.8) is 0 Å². The van der Waals surface area contributed by atoms with Crippen LogP contribution in [-0.4, -0.2) is 26.4 Å². The highest BCUT2D eigenvalue weighted by Gasteiger charge is 2.17. The zero-order valence-corrected chi connectivity index (χ0v) is 36.2. The van der Waals surface area contributed by atoms with Gasteiger partial charge in [-0.05, 0) is 159 Å². The summed E-state index contributed by atoms with van der Waals surface area (Å²) in [6.45, 7) is 11.6. The largest absolute Gasteiger partial charge is 0.494 e. The van der Waals surface area contributed by atoms with Gasteiger partial charge in [-0.2, -0.15) is 0 Å². The van der Waals surface area contributed by atoms with Gasteiger partial charge in [-0.3, -0.25) is 0 Å². The molecule has 0 radical (unpaired) electrons. The lowest BCUT2D eigenvalue weighted by Crippen LogP contribution is -2.08. The van der Waals surface area contributed by atoms with E-state index >= 15 is 0 Å². The van der Waals surface area contributed by atoms with E-state index in [-0.39, 0.29) is 0 Å². The molecule has 0 aliphatic rings. The summed E-state index contributed by atoms with van der Waals surface area (Å²) in [6, 6.07) is 42.5. The monoisotopic (exact) mass is 814 g/mol. The zero-order chi connectivity index (χ0) is 40.4. The van der Waals surface area contributed by atoms with E-state index in [0.29, 0.717) is 0 Å². The van der Waals surface area contributed by atoms with Crippen molar-refractivity contribution in [3.05, 3.63) is 131 Å². The fourth-order valence-electron chi connectivity index (χ4n) is 6.18. The Bertz CT molecular complexity index is 1830. The van der Waals surface area contributed by atoms with Crippen LogP contribution in [0.3, 0.4) is 0 Å². The van der Waals surface area contributed by atoms with Crippen LogP contribution in [0.4, 0.5) is 32.8 Å². The van der Waals surface area contributed by atoms with E-state index in [1.807, 2.05) is 0 Å². The van der Waals surface area contributed by atoms with Crippen LogP contribution in [-0.2, 0) is 0 Å². The number of unbranched alkanes of at least 4 members (excludes halogenated alkanes) is 4. The summed E-state index contributed by atoms with van der Waals surface area (Å²) in [6.07, 6.45) is 13.0. The van der Waals surface area contributed by atoms with Crippen LogP contribution >= 0.6 is 22.7 Å². The van der Waals surface area contributed by atoms with Gasteiger partial charge in [-0.1, -0.05) is 53.4 Å². The highest BCUT2D eigenvalue weighted by molar-refractivity contribution is 7.18. The van der Waals surface area contributed by atoms with E-state index in [9.17, 15) is 0 Å². The van der Waals surface area contributed by atoms with Crippen molar-refractivity contribution in [2.45, 2.75) is 79.1 Å². The molecule has 0 bridgehead atoms. The minimum Gasteiger partial charge on any atom is -0.494 e. The average Bonchev–Trinajstić information content (AvgIpc) is 3.93. The minimum atomic E-state index is 0.729. The molecule has 0 N–H and O–H groups in total. The molecule has 0 fully saturated rings. The van der Waals surface area contributed by atoms with Crippen LogP contribution in [0.25, 0.3) is 12.2 Å². The highest BCUT2D eigenvalue weighted by Crippen LogP contribution is 2.42. The van der Waals surface area contributed by atoms with Gasteiger partial charge in [0.2, 0.25) is 0 Å². The van der Waals surface area contributed by atoms with E-state index < -0.39 is 0 Å². The molecule has 0 saturated heterocycles. The van der Waals surface area contributed by atoms with Crippen molar-refractivity contribution in [2.75, 3.05) is 36.2 Å². The first-order valence-corrected chi connectivity index (χ1v) is 22.6. The Balaban J connectivity index is 1.23. The second-order valence-corrected chi connectivity index (χ2v) is 16.3. The molecule has 0 spiro atoms. The SMILES string of the molecule is CCCCOc1ccc(N(c2ccc(OCCCC)cc2)c2ccc(/C=C/c3ccc(N(c4ccc(OCCCC)cc4)c4ccc(OCCCC)cc4)s3)s2)cc1. The predicted molar refractivity (Wildman–Crippen MR) is 249 cm³/mol. The van der Waals surface area contributed by atoms with Crippen LogP contribution in [0, 0.1) is 0 Å². The van der Waals surface area contributed by atoms with Gasteiger partial charge in [-0.25, -0.2) is 0 Å². The number of hydrogen-bond acceptors (Lipinski definition) is 8. The van der Waals surface area contributed by atoms with Gasteiger partial charge < -0.3 is 28.7 Å². The van der Waals surface area contributed by atoms with E-state index in [1.54, 1.807) is 22.7 Å². The topological polar surface area (TPSA) is 43.4 Å². The Labute approximate surface area is 354 Å². The number of anilines is 6. The third kappa shape index (κ3) is 12.2. The predicted octanol–water partition coefficient (Wildman–Crippen LogP) is 15.6. The summed E-state index contributed by atoms with van der Waals surface area (Å²) in [5, 5.41) is 2.25. The normalized spacial score (nSPS) is 11.2. The summed E-state index contributed by atoms with van der Waals surface area (Å²) in [7, 11) is 0. The summed E-state index contributed by atoms with van der Waals surface area (Å²) < 4.78 is 24.0. The van der Waals surface area contributed by atoms with Gasteiger partial charge in [0, 0.05) is 32.5 Å². The van der Waals surface area contributed by atoms with Crippen molar-refractivity contribution >= 4 is 67.6 Å². The van der Waals surface area contributed by atoms with Crippen molar-refractivity contribution < 1.29 is 18.9 Å². The van der Waals surface area contributed by atoms with Crippen molar-refractivity contribution in [1.29, 1.82) is 0 Å².